The summed E-state index contributed by atoms with van der Waals surface area (Å²) in [6.07, 6.45) is 3.90. The van der Waals surface area contributed by atoms with Gasteiger partial charge in [-0.05, 0) is 37.1 Å². The van der Waals surface area contributed by atoms with E-state index in [1.807, 2.05) is 12.1 Å². The van der Waals surface area contributed by atoms with E-state index in [4.69, 9.17) is 13.9 Å². The lowest BCUT2D eigenvalue weighted by atomic mass is 10.2. The van der Waals surface area contributed by atoms with Crippen molar-refractivity contribution in [3.05, 3.63) is 54.0 Å². The van der Waals surface area contributed by atoms with Crippen molar-refractivity contribution in [1.82, 2.24) is 5.32 Å². The Labute approximate surface area is 156 Å². The zero-order valence-electron chi connectivity index (χ0n) is 14.3. The van der Waals surface area contributed by atoms with Gasteiger partial charge in [0.25, 0.3) is 5.91 Å². The topological polar surface area (TPSA) is 77.8 Å². The van der Waals surface area contributed by atoms with Gasteiger partial charge in [0.2, 0.25) is 0 Å². The average Bonchev–Trinajstić information content (AvgIpc) is 3.36. The molecule has 1 aliphatic heterocycles. The molecule has 1 amide bonds. The Balaban J connectivity index is 1.48. The molecule has 1 aliphatic rings. The van der Waals surface area contributed by atoms with Crippen molar-refractivity contribution >= 4 is 23.6 Å². The molecule has 0 bridgehead atoms. The standard InChI is InChI=1S/C19H21NO5S/c21-18(20-11-14-5-3-9-23-14)12-25-19(22)16-7-1-2-8-17(16)26-13-15-6-4-10-24-15/h1-3,5,7-9,15H,4,6,10-13H2,(H,20,21). The molecular weight excluding hydrogens is 354 g/mol. The molecule has 0 spiro atoms. The van der Waals surface area contributed by atoms with Gasteiger partial charge in [0.1, 0.15) is 5.76 Å². The maximum atomic E-state index is 12.3. The van der Waals surface area contributed by atoms with Crippen LogP contribution in [0.5, 0.6) is 0 Å². The zero-order chi connectivity index (χ0) is 18.2. The number of esters is 1. The summed E-state index contributed by atoms with van der Waals surface area (Å²) in [5.41, 5.74) is 0.467. The van der Waals surface area contributed by atoms with Crippen molar-refractivity contribution in [2.75, 3.05) is 19.0 Å². The van der Waals surface area contributed by atoms with Crippen LogP contribution in [0.4, 0.5) is 0 Å². The van der Waals surface area contributed by atoms with Crippen LogP contribution >= 0.6 is 11.8 Å². The number of hydrogen-bond donors (Lipinski definition) is 1. The van der Waals surface area contributed by atoms with Crippen LogP contribution in [0.25, 0.3) is 0 Å². The molecule has 0 radical (unpaired) electrons. The molecule has 26 heavy (non-hydrogen) atoms. The normalized spacial score (nSPS) is 16.4. The molecule has 1 fully saturated rings. The third-order valence-corrected chi connectivity index (χ3v) is 5.14. The smallest absolute Gasteiger partial charge is 0.339 e. The van der Waals surface area contributed by atoms with Crippen molar-refractivity contribution in [1.29, 1.82) is 0 Å². The van der Waals surface area contributed by atoms with Crippen LogP contribution in [-0.4, -0.2) is 36.9 Å². The highest BCUT2D eigenvalue weighted by Gasteiger charge is 2.19. The largest absolute Gasteiger partial charge is 0.467 e. The molecule has 1 atom stereocenters. The van der Waals surface area contributed by atoms with E-state index in [2.05, 4.69) is 5.32 Å². The second-order valence-electron chi connectivity index (χ2n) is 5.87. The van der Waals surface area contributed by atoms with E-state index >= 15 is 0 Å². The highest BCUT2D eigenvalue weighted by molar-refractivity contribution is 7.99. The Morgan fingerprint density at radius 2 is 2.12 bits per heavy atom. The number of benzene rings is 1. The first-order valence-electron chi connectivity index (χ1n) is 8.52. The van der Waals surface area contributed by atoms with Crippen molar-refractivity contribution in [2.45, 2.75) is 30.4 Å². The SMILES string of the molecule is O=C(COC(=O)c1ccccc1SCC1CCCO1)NCc1ccco1. The lowest BCUT2D eigenvalue weighted by Crippen LogP contribution is -2.28. The number of nitrogens with one attached hydrogen (secondary N) is 1. The minimum Gasteiger partial charge on any atom is -0.467 e. The lowest BCUT2D eigenvalue weighted by molar-refractivity contribution is -0.124. The Hall–Kier alpha value is -2.25. The molecule has 7 heteroatoms. The van der Waals surface area contributed by atoms with Gasteiger partial charge in [-0.1, -0.05) is 12.1 Å². The van der Waals surface area contributed by atoms with Gasteiger partial charge < -0.3 is 19.2 Å². The minimum absolute atomic E-state index is 0.233. The van der Waals surface area contributed by atoms with Gasteiger partial charge in [-0.25, -0.2) is 4.79 Å². The van der Waals surface area contributed by atoms with E-state index in [1.54, 1.807) is 36.0 Å². The number of amides is 1. The maximum Gasteiger partial charge on any atom is 0.339 e. The summed E-state index contributed by atoms with van der Waals surface area (Å²) in [6, 6.07) is 10.8. The fourth-order valence-corrected chi connectivity index (χ4v) is 3.69. The van der Waals surface area contributed by atoms with Crippen molar-refractivity contribution in [2.24, 2.45) is 0 Å². The van der Waals surface area contributed by atoms with Gasteiger partial charge in [0.05, 0.1) is 24.5 Å². The molecule has 2 heterocycles. The summed E-state index contributed by atoms with van der Waals surface area (Å²) in [5.74, 6) is 0.557. The molecule has 6 nitrogen and oxygen atoms in total. The third-order valence-electron chi connectivity index (χ3n) is 3.93. The second kappa shape index (κ2) is 9.45. The summed E-state index contributed by atoms with van der Waals surface area (Å²) in [4.78, 5) is 25.0. The van der Waals surface area contributed by atoms with E-state index in [0.29, 0.717) is 11.3 Å². The van der Waals surface area contributed by atoms with Crippen LogP contribution in [0.3, 0.4) is 0 Å². The predicted octanol–water partition coefficient (Wildman–Crippen LogP) is 3.02. The zero-order valence-corrected chi connectivity index (χ0v) is 15.1. The molecule has 0 saturated carbocycles. The summed E-state index contributed by atoms with van der Waals surface area (Å²) < 4.78 is 15.9. The van der Waals surface area contributed by atoms with Gasteiger partial charge in [-0.2, -0.15) is 0 Å². The fraction of sp³-hybridized carbons (Fsp3) is 0.368. The van der Waals surface area contributed by atoms with Crippen LogP contribution in [0.2, 0.25) is 0 Å². The van der Waals surface area contributed by atoms with Gasteiger partial charge in [-0.3, -0.25) is 4.79 Å². The number of carbonyl (C=O) groups is 2. The van der Waals surface area contributed by atoms with Gasteiger partial charge >= 0.3 is 5.97 Å². The Kier molecular flexibility index (Phi) is 6.74. The molecule has 1 aromatic heterocycles. The first-order valence-corrected chi connectivity index (χ1v) is 9.50. The van der Waals surface area contributed by atoms with Crippen LogP contribution in [-0.2, 0) is 20.8 Å². The molecule has 1 N–H and O–H groups in total. The first kappa shape index (κ1) is 18.5. The predicted molar refractivity (Wildman–Crippen MR) is 97.0 cm³/mol. The van der Waals surface area contributed by atoms with Crippen molar-refractivity contribution in [3.8, 4) is 0 Å². The van der Waals surface area contributed by atoms with Crippen molar-refractivity contribution < 1.29 is 23.5 Å². The van der Waals surface area contributed by atoms with Crippen LogP contribution in [0, 0.1) is 0 Å². The van der Waals surface area contributed by atoms with E-state index in [1.165, 1.54) is 6.26 Å². The molecule has 138 valence electrons. The van der Waals surface area contributed by atoms with Gasteiger partial charge in [-0.15, -0.1) is 11.8 Å². The summed E-state index contributed by atoms with van der Waals surface area (Å²) >= 11 is 1.58. The van der Waals surface area contributed by atoms with Crippen molar-refractivity contribution in [3.63, 3.8) is 0 Å². The Morgan fingerprint density at radius 1 is 1.23 bits per heavy atom. The maximum absolute atomic E-state index is 12.3. The molecule has 1 aromatic carbocycles. The molecular formula is C19H21NO5S. The number of rotatable bonds is 8. The molecule has 1 saturated heterocycles. The number of hydrogen-bond acceptors (Lipinski definition) is 6. The fourth-order valence-electron chi connectivity index (χ4n) is 2.58. The average molecular weight is 375 g/mol. The summed E-state index contributed by atoms with van der Waals surface area (Å²) in [7, 11) is 0. The van der Waals surface area contributed by atoms with Crippen LogP contribution in [0.1, 0.15) is 29.0 Å². The Morgan fingerprint density at radius 3 is 2.88 bits per heavy atom. The number of furan rings is 1. The van der Waals surface area contributed by atoms with Crippen LogP contribution in [0.15, 0.2) is 52.0 Å². The van der Waals surface area contributed by atoms with E-state index in [-0.39, 0.29) is 25.2 Å². The number of ether oxygens (including phenoxy) is 2. The summed E-state index contributed by atoms with van der Waals surface area (Å²) in [6.45, 7) is 0.740. The summed E-state index contributed by atoms with van der Waals surface area (Å²) in [5, 5.41) is 2.64. The lowest BCUT2D eigenvalue weighted by Gasteiger charge is -2.12. The quantitative estimate of drug-likeness (QED) is 0.564. The molecule has 3 rings (SSSR count). The minimum atomic E-state index is -0.506. The number of carbonyl (C=O) groups excluding carboxylic acids is 2. The van der Waals surface area contributed by atoms with Crippen LogP contribution < -0.4 is 5.32 Å². The third kappa shape index (κ3) is 5.37. The van der Waals surface area contributed by atoms with Gasteiger partial charge in [0, 0.05) is 17.3 Å². The number of thioether (sulfide) groups is 1. The molecule has 2 aromatic rings. The van der Waals surface area contributed by atoms with Gasteiger partial charge in [0.15, 0.2) is 6.61 Å². The highest BCUT2D eigenvalue weighted by atomic mass is 32.2. The Bertz CT molecular complexity index is 725. The highest BCUT2D eigenvalue weighted by Crippen LogP contribution is 2.27. The van der Waals surface area contributed by atoms with E-state index < -0.39 is 5.97 Å². The van der Waals surface area contributed by atoms with E-state index in [9.17, 15) is 9.59 Å². The molecule has 1 unspecified atom stereocenters. The monoisotopic (exact) mass is 375 g/mol. The first-order chi connectivity index (χ1) is 12.7. The second-order valence-corrected chi connectivity index (χ2v) is 6.94. The molecule has 0 aliphatic carbocycles. The van der Waals surface area contributed by atoms with E-state index in [0.717, 1.165) is 30.1 Å².